The maximum atomic E-state index is 12.3. The topological polar surface area (TPSA) is 43.0 Å². The third-order valence-corrected chi connectivity index (χ3v) is 5.69. The fourth-order valence-electron chi connectivity index (χ4n) is 3.97. The lowest BCUT2D eigenvalue weighted by molar-refractivity contribution is 1.10. The van der Waals surface area contributed by atoms with Crippen LogP contribution < -0.4 is 11.1 Å². The number of rotatable bonds is 2. The Morgan fingerprint density at radius 1 is 0.382 bits per heavy atom. The van der Waals surface area contributed by atoms with E-state index in [1.165, 1.54) is 0 Å². The Morgan fingerprint density at radius 2 is 0.765 bits per heavy atom. The summed E-state index contributed by atoms with van der Waals surface area (Å²) in [5, 5.41) is 0. The number of fused-ring (bicyclic) bond motifs is 2. The summed E-state index contributed by atoms with van der Waals surface area (Å²) >= 11 is 0. The van der Waals surface area contributed by atoms with E-state index in [0.717, 1.165) is 33.3 Å². The highest BCUT2D eigenvalue weighted by molar-refractivity contribution is 5.66. The molecule has 2 aromatic carbocycles. The average Bonchev–Trinajstić information content (AvgIpc) is 2.91. The van der Waals surface area contributed by atoms with E-state index in [0.29, 0.717) is 0 Å². The van der Waals surface area contributed by atoms with Gasteiger partial charge in [-0.25, -0.2) is 0 Å². The maximum absolute atomic E-state index is 12.3. The number of hydrogen-bond acceptors (Lipinski definition) is 2. The zero-order chi connectivity index (χ0) is 23.3. The van der Waals surface area contributed by atoms with Crippen molar-refractivity contribution in [2.75, 3.05) is 0 Å². The molecule has 0 atom stereocenters. The Hall–Kier alpha value is -4.70. The summed E-state index contributed by atoms with van der Waals surface area (Å²) < 4.78 is 3.34. The maximum Gasteiger partial charge on any atom is 0.262 e. The first kappa shape index (κ1) is 21.2. The van der Waals surface area contributed by atoms with Crippen molar-refractivity contribution in [1.29, 1.82) is 0 Å². The first-order chi connectivity index (χ1) is 16.7. The average molecular weight is 443 g/mol. The predicted octanol–water partition coefficient (Wildman–Crippen LogP) is 5.93. The van der Waals surface area contributed by atoms with Gasteiger partial charge in [-0.3, -0.25) is 18.4 Å². The summed E-state index contributed by atoms with van der Waals surface area (Å²) in [4.78, 5) is 24.6. The molecule has 0 aliphatic heterocycles. The molecule has 0 spiro atoms. The van der Waals surface area contributed by atoms with E-state index in [1.807, 2.05) is 121 Å². The molecule has 4 aromatic heterocycles. The second kappa shape index (κ2) is 9.43. The highest BCUT2D eigenvalue weighted by Crippen LogP contribution is 2.16. The second-order valence-corrected chi connectivity index (χ2v) is 7.83. The van der Waals surface area contributed by atoms with Gasteiger partial charge in [0.25, 0.3) is 11.1 Å². The van der Waals surface area contributed by atoms with Gasteiger partial charge in [-0.05, 0) is 59.7 Å². The van der Waals surface area contributed by atoms with Gasteiger partial charge in [0.1, 0.15) is 0 Å². The Morgan fingerprint density at radius 3 is 1.18 bits per heavy atom. The molecule has 0 unspecified atom stereocenters. The van der Waals surface area contributed by atoms with E-state index in [-0.39, 0.29) is 11.1 Å². The van der Waals surface area contributed by atoms with E-state index in [2.05, 4.69) is 0 Å². The number of nitrogens with zero attached hydrogens (tertiary/aromatic N) is 2. The Kier molecular flexibility index (Phi) is 5.87. The predicted molar refractivity (Wildman–Crippen MR) is 138 cm³/mol. The van der Waals surface area contributed by atoms with E-state index in [4.69, 9.17) is 0 Å². The van der Waals surface area contributed by atoms with E-state index < -0.39 is 0 Å². The van der Waals surface area contributed by atoms with Crippen molar-refractivity contribution in [3.8, 4) is 22.3 Å². The van der Waals surface area contributed by atoms with E-state index in [9.17, 15) is 9.59 Å². The first-order valence-corrected chi connectivity index (χ1v) is 11.0. The van der Waals surface area contributed by atoms with Crippen molar-refractivity contribution in [2.24, 2.45) is 0 Å². The van der Waals surface area contributed by atoms with Gasteiger partial charge in [-0.15, -0.1) is 0 Å². The number of aromatic nitrogens is 2. The number of pyridine rings is 4. The van der Waals surface area contributed by atoms with Crippen molar-refractivity contribution < 1.29 is 0 Å². The molecule has 4 heteroatoms. The standard InChI is InChI=1S/2C15H11NO/c2*17-15-14(12-6-2-1-3-7-12)10-9-13-8-4-5-11-16(13)15/h2*1-11H. The van der Waals surface area contributed by atoms with Crippen molar-refractivity contribution >= 4 is 11.0 Å². The highest BCUT2D eigenvalue weighted by atomic mass is 16.1. The molecule has 0 bridgehead atoms. The Bertz CT molecular complexity index is 1560. The molecular formula is C30H22N2O2. The molecule has 0 N–H and O–H groups in total. The quantitative estimate of drug-likeness (QED) is 0.333. The van der Waals surface area contributed by atoms with Crippen LogP contribution in [0, 0.1) is 0 Å². The largest absolute Gasteiger partial charge is 0.284 e. The Balaban J connectivity index is 0.000000142. The molecule has 34 heavy (non-hydrogen) atoms. The van der Waals surface area contributed by atoms with Gasteiger partial charge >= 0.3 is 0 Å². The summed E-state index contributed by atoms with van der Waals surface area (Å²) in [5.74, 6) is 0. The van der Waals surface area contributed by atoms with Gasteiger partial charge in [0.15, 0.2) is 0 Å². The van der Waals surface area contributed by atoms with Crippen LogP contribution in [0.2, 0.25) is 0 Å². The molecule has 6 aromatic rings. The summed E-state index contributed by atoms with van der Waals surface area (Å²) in [6.07, 6.45) is 3.59. The molecule has 0 amide bonds. The van der Waals surface area contributed by atoms with Crippen LogP contribution in [0.15, 0.2) is 143 Å². The highest BCUT2D eigenvalue weighted by Gasteiger charge is 2.05. The van der Waals surface area contributed by atoms with E-state index >= 15 is 0 Å². The fourth-order valence-corrected chi connectivity index (χ4v) is 3.97. The molecule has 0 fully saturated rings. The van der Waals surface area contributed by atoms with Crippen LogP contribution >= 0.6 is 0 Å². The smallest absolute Gasteiger partial charge is 0.262 e. The summed E-state index contributed by atoms with van der Waals surface area (Å²) in [5.41, 5.74) is 5.24. The van der Waals surface area contributed by atoms with Gasteiger partial charge in [0, 0.05) is 34.6 Å². The van der Waals surface area contributed by atoms with E-state index in [1.54, 1.807) is 21.2 Å². The van der Waals surface area contributed by atoms with Crippen molar-refractivity contribution in [1.82, 2.24) is 8.80 Å². The lowest BCUT2D eigenvalue weighted by atomic mass is 10.1. The SMILES string of the molecule is O=c1c(-c2ccccc2)ccc2ccccn12.O=c1c(-c2ccccc2)ccc2ccccn12. The molecule has 0 saturated carbocycles. The van der Waals surface area contributed by atoms with Crippen LogP contribution in [-0.4, -0.2) is 8.80 Å². The first-order valence-electron chi connectivity index (χ1n) is 11.0. The van der Waals surface area contributed by atoms with Gasteiger partial charge in [-0.2, -0.15) is 0 Å². The molecule has 0 saturated heterocycles. The van der Waals surface area contributed by atoms with Crippen LogP contribution in [0.25, 0.3) is 33.3 Å². The van der Waals surface area contributed by atoms with Crippen molar-refractivity contribution in [3.63, 3.8) is 0 Å². The number of benzene rings is 2. The molecule has 6 rings (SSSR count). The normalized spacial score (nSPS) is 10.6. The zero-order valence-electron chi connectivity index (χ0n) is 18.4. The van der Waals surface area contributed by atoms with Crippen LogP contribution in [0.1, 0.15) is 0 Å². The molecule has 4 nitrogen and oxygen atoms in total. The molecule has 0 aliphatic carbocycles. The Labute approximate surface area is 196 Å². The summed E-state index contributed by atoms with van der Waals surface area (Å²) in [6, 6.07) is 38.6. The summed E-state index contributed by atoms with van der Waals surface area (Å²) in [7, 11) is 0. The van der Waals surface area contributed by atoms with Gasteiger partial charge < -0.3 is 0 Å². The molecule has 0 aliphatic rings. The lowest BCUT2D eigenvalue weighted by Gasteiger charge is -2.04. The van der Waals surface area contributed by atoms with Crippen LogP contribution in [0.5, 0.6) is 0 Å². The van der Waals surface area contributed by atoms with Crippen molar-refractivity contribution in [2.45, 2.75) is 0 Å². The fraction of sp³-hybridized carbons (Fsp3) is 0. The molecule has 164 valence electrons. The third kappa shape index (κ3) is 4.17. The van der Waals surface area contributed by atoms with Crippen molar-refractivity contribution in [3.05, 3.63) is 154 Å². The van der Waals surface area contributed by atoms with Crippen LogP contribution in [-0.2, 0) is 0 Å². The minimum Gasteiger partial charge on any atom is -0.284 e. The zero-order valence-corrected chi connectivity index (χ0v) is 18.4. The molecule has 0 radical (unpaired) electrons. The van der Waals surface area contributed by atoms with Gasteiger partial charge in [0.05, 0.1) is 0 Å². The molecular weight excluding hydrogens is 420 g/mol. The lowest BCUT2D eigenvalue weighted by Crippen LogP contribution is -2.14. The van der Waals surface area contributed by atoms with Crippen LogP contribution in [0.3, 0.4) is 0 Å². The van der Waals surface area contributed by atoms with Crippen LogP contribution in [0.4, 0.5) is 0 Å². The minimum absolute atomic E-state index is 0.0225. The second-order valence-electron chi connectivity index (χ2n) is 7.83. The third-order valence-electron chi connectivity index (χ3n) is 5.69. The van der Waals surface area contributed by atoms with Gasteiger partial charge in [0.2, 0.25) is 0 Å². The monoisotopic (exact) mass is 442 g/mol. The number of hydrogen-bond donors (Lipinski definition) is 0. The minimum atomic E-state index is 0.0225. The summed E-state index contributed by atoms with van der Waals surface area (Å²) in [6.45, 7) is 0. The van der Waals surface area contributed by atoms with Gasteiger partial charge in [-0.1, -0.05) is 72.8 Å². The molecule has 4 heterocycles.